The minimum Gasteiger partial charge on any atom is -0.508 e. The first-order chi connectivity index (χ1) is 12.6. The zero-order chi connectivity index (χ0) is 17.8. The van der Waals surface area contributed by atoms with E-state index in [9.17, 15) is 5.11 Å². The second-order valence-corrected chi connectivity index (χ2v) is 8.98. The molecule has 3 heteroatoms. The first-order valence-electron chi connectivity index (χ1n) is 9.28. The van der Waals surface area contributed by atoms with E-state index in [1.807, 2.05) is 23.9 Å². The van der Waals surface area contributed by atoms with Crippen molar-refractivity contribution in [3.8, 4) is 5.75 Å². The summed E-state index contributed by atoms with van der Waals surface area (Å²) < 4.78 is 0. The molecule has 2 aliphatic rings. The highest BCUT2D eigenvalue weighted by Crippen LogP contribution is 2.80. The number of rotatable bonds is 6. The van der Waals surface area contributed by atoms with Crippen molar-refractivity contribution in [2.75, 3.05) is 5.75 Å². The van der Waals surface area contributed by atoms with Crippen LogP contribution in [0.15, 0.2) is 71.6 Å². The Hall–Kier alpha value is -1.97. The summed E-state index contributed by atoms with van der Waals surface area (Å²) in [4.78, 5) is 1.24. The molecule has 2 N–H and O–H groups in total. The molecule has 0 aromatic heterocycles. The first-order valence-corrected chi connectivity index (χ1v) is 10.3. The van der Waals surface area contributed by atoms with Gasteiger partial charge in [0.1, 0.15) is 5.75 Å². The average Bonchev–Trinajstić information content (AvgIpc) is 3.46. The number of hydrogen-bond donors (Lipinski definition) is 2. The molecule has 2 aliphatic carbocycles. The predicted molar refractivity (Wildman–Crippen MR) is 109 cm³/mol. The summed E-state index contributed by atoms with van der Waals surface area (Å²) in [6.45, 7) is 2.30. The maximum Gasteiger partial charge on any atom is 0.115 e. The molecule has 132 valence electrons. The zero-order valence-electron chi connectivity index (χ0n) is 14.9. The number of benzene rings is 3. The number of phenolic OH excluding ortho intramolecular Hbond substituents is 1. The van der Waals surface area contributed by atoms with Crippen LogP contribution in [-0.4, -0.2) is 16.4 Å². The Morgan fingerprint density at radius 3 is 2.54 bits per heavy atom. The summed E-state index contributed by atoms with van der Waals surface area (Å²) >= 11 is 1.91. The number of thioether (sulfide) groups is 1. The molecular formula is C23H23NOS. The highest BCUT2D eigenvalue weighted by Gasteiger charge is 2.82. The smallest absolute Gasteiger partial charge is 0.115 e. The Morgan fingerprint density at radius 2 is 1.73 bits per heavy atom. The second kappa shape index (κ2) is 5.77. The molecule has 2 fully saturated rings. The lowest BCUT2D eigenvalue weighted by Gasteiger charge is -2.18. The summed E-state index contributed by atoms with van der Waals surface area (Å²) in [6, 6.07) is 23.2. The van der Waals surface area contributed by atoms with E-state index in [-0.39, 0.29) is 0 Å². The standard InChI is InChI=1S/C23H23NOS/c1-16(20-8-4-6-17-5-2-3-7-21(17)20)24-23-13-22(23,14-23)15-26-19-11-9-18(25)10-12-19/h2-12,16,24-25H,13-15H2,1H3/t16-,22?,23?/m1/s1. The van der Waals surface area contributed by atoms with Gasteiger partial charge in [-0.3, -0.25) is 0 Å². The van der Waals surface area contributed by atoms with E-state index >= 15 is 0 Å². The van der Waals surface area contributed by atoms with Crippen LogP contribution in [0.25, 0.3) is 10.8 Å². The Kier molecular flexibility index (Phi) is 3.60. The molecule has 0 saturated heterocycles. The van der Waals surface area contributed by atoms with E-state index in [2.05, 4.69) is 54.7 Å². The maximum atomic E-state index is 9.41. The third-order valence-electron chi connectivity index (χ3n) is 6.18. The molecule has 1 atom stereocenters. The van der Waals surface area contributed by atoms with Crippen LogP contribution in [0.1, 0.15) is 31.4 Å². The molecule has 5 rings (SSSR count). The Balaban J connectivity index is 1.26. The van der Waals surface area contributed by atoms with Crippen molar-refractivity contribution in [2.24, 2.45) is 5.41 Å². The molecule has 0 amide bonds. The highest BCUT2D eigenvalue weighted by molar-refractivity contribution is 7.99. The largest absolute Gasteiger partial charge is 0.508 e. The molecule has 0 bridgehead atoms. The fourth-order valence-corrected chi connectivity index (χ4v) is 5.65. The van der Waals surface area contributed by atoms with Gasteiger partial charge in [-0.05, 0) is 60.4 Å². The minimum absolute atomic E-state index is 0.338. The third-order valence-corrected chi connectivity index (χ3v) is 7.48. The van der Waals surface area contributed by atoms with Gasteiger partial charge in [0.15, 0.2) is 0 Å². The van der Waals surface area contributed by atoms with Crippen LogP contribution in [0, 0.1) is 5.41 Å². The molecule has 0 spiro atoms. The molecule has 2 saturated carbocycles. The van der Waals surface area contributed by atoms with Gasteiger partial charge in [-0.1, -0.05) is 42.5 Å². The van der Waals surface area contributed by atoms with E-state index in [1.165, 1.54) is 34.1 Å². The van der Waals surface area contributed by atoms with Crippen LogP contribution < -0.4 is 5.32 Å². The average molecular weight is 362 g/mol. The van der Waals surface area contributed by atoms with Gasteiger partial charge in [0.2, 0.25) is 0 Å². The Morgan fingerprint density at radius 1 is 1.00 bits per heavy atom. The zero-order valence-corrected chi connectivity index (χ0v) is 15.7. The van der Waals surface area contributed by atoms with Crippen LogP contribution in [0.2, 0.25) is 0 Å². The molecular weight excluding hydrogens is 338 g/mol. The fourth-order valence-electron chi connectivity index (χ4n) is 4.39. The molecule has 0 aliphatic heterocycles. The van der Waals surface area contributed by atoms with Gasteiger partial charge < -0.3 is 10.4 Å². The van der Waals surface area contributed by atoms with Crippen molar-refractivity contribution in [1.29, 1.82) is 0 Å². The van der Waals surface area contributed by atoms with Crippen molar-refractivity contribution in [3.63, 3.8) is 0 Å². The van der Waals surface area contributed by atoms with E-state index in [0.29, 0.717) is 22.7 Å². The number of nitrogens with one attached hydrogen (secondary N) is 1. The topological polar surface area (TPSA) is 32.3 Å². The molecule has 26 heavy (non-hydrogen) atoms. The van der Waals surface area contributed by atoms with E-state index < -0.39 is 0 Å². The van der Waals surface area contributed by atoms with E-state index in [4.69, 9.17) is 0 Å². The summed E-state index contributed by atoms with van der Waals surface area (Å²) in [7, 11) is 0. The van der Waals surface area contributed by atoms with Crippen LogP contribution >= 0.6 is 11.8 Å². The van der Waals surface area contributed by atoms with Crippen LogP contribution in [0.5, 0.6) is 5.75 Å². The van der Waals surface area contributed by atoms with Crippen LogP contribution in [0.3, 0.4) is 0 Å². The highest BCUT2D eigenvalue weighted by atomic mass is 32.2. The summed E-state index contributed by atoms with van der Waals surface area (Å²) in [5.74, 6) is 1.50. The lowest BCUT2D eigenvalue weighted by Crippen LogP contribution is -2.26. The number of phenols is 1. The van der Waals surface area contributed by atoms with Crippen LogP contribution in [0.4, 0.5) is 0 Å². The summed E-state index contributed by atoms with van der Waals surface area (Å²) in [5, 5.41) is 16.0. The van der Waals surface area contributed by atoms with Gasteiger partial charge in [-0.25, -0.2) is 0 Å². The van der Waals surface area contributed by atoms with Gasteiger partial charge in [0, 0.05) is 27.6 Å². The van der Waals surface area contributed by atoms with Gasteiger partial charge in [-0.15, -0.1) is 11.8 Å². The van der Waals surface area contributed by atoms with E-state index in [1.54, 1.807) is 12.1 Å². The number of aromatic hydroxyl groups is 1. The van der Waals surface area contributed by atoms with Crippen molar-refractivity contribution >= 4 is 22.5 Å². The maximum absolute atomic E-state index is 9.41. The minimum atomic E-state index is 0.338. The first kappa shape index (κ1) is 16.2. The van der Waals surface area contributed by atoms with Gasteiger partial charge in [-0.2, -0.15) is 0 Å². The lowest BCUT2D eigenvalue weighted by molar-refractivity contribution is 0.475. The Bertz CT molecular complexity index is 954. The van der Waals surface area contributed by atoms with Crippen molar-refractivity contribution in [3.05, 3.63) is 72.3 Å². The molecule has 0 heterocycles. The summed E-state index contributed by atoms with van der Waals surface area (Å²) in [5.41, 5.74) is 2.23. The fraction of sp³-hybridized carbons (Fsp3) is 0.304. The van der Waals surface area contributed by atoms with Crippen molar-refractivity contribution in [2.45, 2.75) is 36.2 Å². The molecule has 0 radical (unpaired) electrons. The van der Waals surface area contributed by atoms with Crippen molar-refractivity contribution < 1.29 is 5.11 Å². The van der Waals surface area contributed by atoms with Crippen molar-refractivity contribution in [1.82, 2.24) is 5.32 Å². The molecule has 3 aromatic rings. The van der Waals surface area contributed by atoms with Crippen LogP contribution in [-0.2, 0) is 0 Å². The molecule has 0 unspecified atom stereocenters. The summed E-state index contributed by atoms with van der Waals surface area (Å²) in [6.07, 6.45) is 2.58. The molecule has 2 nitrogen and oxygen atoms in total. The quantitative estimate of drug-likeness (QED) is 0.567. The second-order valence-electron chi connectivity index (χ2n) is 7.93. The normalized spacial score (nSPS) is 27.1. The van der Waals surface area contributed by atoms with Gasteiger partial charge in [0.25, 0.3) is 0 Å². The predicted octanol–water partition coefficient (Wildman–Crippen LogP) is 5.52. The Labute approximate surface area is 158 Å². The molecule has 3 aromatic carbocycles. The van der Waals surface area contributed by atoms with Gasteiger partial charge in [0.05, 0.1) is 0 Å². The number of hydrogen-bond acceptors (Lipinski definition) is 3. The third kappa shape index (κ3) is 2.62. The lowest BCUT2D eigenvalue weighted by atomic mass is 9.99. The van der Waals surface area contributed by atoms with E-state index in [0.717, 1.165) is 5.75 Å². The monoisotopic (exact) mass is 361 g/mol. The number of fused-ring (bicyclic) bond motifs is 2. The SMILES string of the molecule is C[C@@H](NC12CC1(CSc1ccc(O)cc1)C2)c1cccc2ccccc12. The van der Waals surface area contributed by atoms with Gasteiger partial charge >= 0.3 is 0 Å².